The quantitative estimate of drug-likeness (QED) is 0.649. The third kappa shape index (κ3) is 4.75. The largest absolute Gasteiger partial charge is 0.392 e. The Hall–Kier alpha value is -1.96. The van der Waals surface area contributed by atoms with Crippen molar-refractivity contribution in [3.63, 3.8) is 0 Å². The second kappa shape index (κ2) is 9.83. The van der Waals surface area contributed by atoms with Gasteiger partial charge in [-0.05, 0) is 49.1 Å². The van der Waals surface area contributed by atoms with Crippen molar-refractivity contribution in [3.05, 3.63) is 46.5 Å². The first-order valence-electron chi connectivity index (χ1n) is 13.2. The fourth-order valence-electron chi connectivity index (χ4n) is 6.89. The van der Waals surface area contributed by atoms with E-state index in [4.69, 9.17) is 4.98 Å². The minimum Gasteiger partial charge on any atom is -0.392 e. The van der Waals surface area contributed by atoms with Crippen LogP contribution in [-0.4, -0.2) is 65.1 Å². The summed E-state index contributed by atoms with van der Waals surface area (Å²) in [4.78, 5) is 24.0. The first kappa shape index (κ1) is 24.7. The highest BCUT2D eigenvalue weighted by Crippen LogP contribution is 2.57. The van der Waals surface area contributed by atoms with Crippen molar-refractivity contribution in [2.24, 2.45) is 23.2 Å². The second-order valence-electron chi connectivity index (χ2n) is 11.4. The molecular formula is C28H40N4O2S. The number of anilines is 1. The standard InChI is InChI=1S/C28H40N4O2S/c1-18(26(34)32-14-12-31(4)13-15-32)21-10-11-28(3)16-22-24(19(2)23(28)25(21)33)30-27(35-22)29-17-20-8-6-5-7-9-20/h5-9,18-19,21,23,25,33H,10-17H2,1-4H3,(H,29,30)/t18-,19+,21-,23+,25-,28+/m0/s1. The molecule has 3 aliphatic rings. The van der Waals surface area contributed by atoms with Crippen LogP contribution < -0.4 is 5.32 Å². The molecule has 1 aliphatic heterocycles. The molecule has 190 valence electrons. The van der Waals surface area contributed by atoms with E-state index in [1.807, 2.05) is 17.9 Å². The van der Waals surface area contributed by atoms with Gasteiger partial charge in [0.2, 0.25) is 5.91 Å². The van der Waals surface area contributed by atoms with Crippen LogP contribution in [0, 0.1) is 23.2 Å². The lowest BCUT2D eigenvalue weighted by Gasteiger charge is -2.53. The molecule has 1 aromatic heterocycles. The molecule has 2 heterocycles. The molecule has 1 saturated carbocycles. The van der Waals surface area contributed by atoms with Gasteiger partial charge in [0, 0.05) is 49.4 Å². The number of benzene rings is 1. The summed E-state index contributed by atoms with van der Waals surface area (Å²) in [6.07, 6.45) is 2.45. The Labute approximate surface area is 213 Å². The maximum Gasteiger partial charge on any atom is 0.225 e. The van der Waals surface area contributed by atoms with Gasteiger partial charge >= 0.3 is 0 Å². The van der Waals surface area contributed by atoms with E-state index in [9.17, 15) is 9.90 Å². The van der Waals surface area contributed by atoms with Crippen molar-refractivity contribution in [2.45, 2.75) is 58.6 Å². The van der Waals surface area contributed by atoms with Crippen LogP contribution in [0.4, 0.5) is 5.13 Å². The highest BCUT2D eigenvalue weighted by molar-refractivity contribution is 7.15. The number of likely N-dealkylation sites (N-methyl/N-ethyl adjacent to an activating group) is 1. The zero-order valence-electron chi connectivity index (χ0n) is 21.5. The molecule has 1 saturated heterocycles. The molecule has 6 nitrogen and oxygen atoms in total. The highest BCUT2D eigenvalue weighted by atomic mass is 32.1. The zero-order valence-corrected chi connectivity index (χ0v) is 22.4. The molecule has 0 unspecified atom stereocenters. The topological polar surface area (TPSA) is 68.7 Å². The van der Waals surface area contributed by atoms with E-state index in [0.29, 0.717) is 0 Å². The van der Waals surface area contributed by atoms with Crippen molar-refractivity contribution in [1.82, 2.24) is 14.8 Å². The summed E-state index contributed by atoms with van der Waals surface area (Å²) >= 11 is 1.78. The number of nitrogens with one attached hydrogen (secondary N) is 1. The monoisotopic (exact) mass is 496 g/mol. The summed E-state index contributed by atoms with van der Waals surface area (Å²) in [5.41, 5.74) is 2.43. The summed E-state index contributed by atoms with van der Waals surface area (Å²) in [6.45, 7) is 10.8. The Morgan fingerprint density at radius 2 is 1.97 bits per heavy atom. The number of hydrogen-bond donors (Lipinski definition) is 2. The number of fused-ring (bicyclic) bond motifs is 2. The second-order valence-corrected chi connectivity index (χ2v) is 12.5. The average molecular weight is 497 g/mol. The van der Waals surface area contributed by atoms with E-state index in [0.717, 1.165) is 62.8 Å². The average Bonchev–Trinajstić information content (AvgIpc) is 3.25. The van der Waals surface area contributed by atoms with Crippen LogP contribution in [0.3, 0.4) is 0 Å². The number of aliphatic hydroxyl groups is 1. The van der Waals surface area contributed by atoms with Gasteiger partial charge in [-0.3, -0.25) is 4.79 Å². The molecule has 35 heavy (non-hydrogen) atoms. The molecule has 5 rings (SSSR count). The third-order valence-corrected chi connectivity index (χ3v) is 10.1. The van der Waals surface area contributed by atoms with Crippen LogP contribution >= 0.6 is 11.3 Å². The Balaban J connectivity index is 1.30. The molecule has 0 radical (unpaired) electrons. The van der Waals surface area contributed by atoms with Crippen LogP contribution in [0.2, 0.25) is 0 Å². The van der Waals surface area contributed by atoms with Crippen LogP contribution in [0.1, 0.15) is 55.7 Å². The molecule has 2 aromatic rings. The minimum absolute atomic E-state index is 0.0125. The van der Waals surface area contributed by atoms with Crippen molar-refractivity contribution >= 4 is 22.4 Å². The van der Waals surface area contributed by atoms with E-state index >= 15 is 0 Å². The maximum absolute atomic E-state index is 13.3. The molecular weight excluding hydrogens is 456 g/mol. The zero-order chi connectivity index (χ0) is 24.7. The van der Waals surface area contributed by atoms with E-state index in [-0.39, 0.29) is 35.0 Å². The first-order chi connectivity index (χ1) is 16.8. The molecule has 6 atom stereocenters. The van der Waals surface area contributed by atoms with E-state index in [1.165, 1.54) is 10.4 Å². The van der Waals surface area contributed by atoms with Crippen molar-refractivity contribution in [1.29, 1.82) is 0 Å². The lowest BCUT2D eigenvalue weighted by atomic mass is 9.53. The van der Waals surface area contributed by atoms with Gasteiger partial charge < -0.3 is 20.2 Å². The molecule has 1 amide bonds. The Morgan fingerprint density at radius 1 is 1.26 bits per heavy atom. The number of aromatic nitrogens is 1. The van der Waals surface area contributed by atoms with Gasteiger partial charge in [-0.15, -0.1) is 11.3 Å². The normalized spacial score (nSPS) is 32.0. The molecule has 0 bridgehead atoms. The Kier molecular flexibility index (Phi) is 6.94. The van der Waals surface area contributed by atoms with Crippen LogP contribution in [-0.2, 0) is 17.8 Å². The number of rotatable bonds is 5. The van der Waals surface area contributed by atoms with E-state index in [2.05, 4.69) is 55.4 Å². The predicted molar refractivity (Wildman–Crippen MR) is 142 cm³/mol. The van der Waals surface area contributed by atoms with E-state index in [1.54, 1.807) is 11.3 Å². The number of carbonyl (C=O) groups excluding carboxylic acids is 1. The number of aliphatic hydroxyl groups excluding tert-OH is 1. The van der Waals surface area contributed by atoms with Crippen molar-refractivity contribution < 1.29 is 9.90 Å². The number of piperazine rings is 1. The summed E-state index contributed by atoms with van der Waals surface area (Å²) in [5.74, 6) is 0.385. The van der Waals surface area contributed by atoms with Gasteiger partial charge in [0.25, 0.3) is 0 Å². The van der Waals surface area contributed by atoms with Crippen molar-refractivity contribution in [3.8, 4) is 0 Å². The number of nitrogens with zero attached hydrogens (tertiary/aromatic N) is 3. The van der Waals surface area contributed by atoms with E-state index < -0.39 is 6.10 Å². The van der Waals surface area contributed by atoms with Crippen LogP contribution in [0.25, 0.3) is 0 Å². The molecule has 0 spiro atoms. The fraction of sp³-hybridized carbons (Fsp3) is 0.643. The van der Waals surface area contributed by atoms with Crippen LogP contribution in [0.5, 0.6) is 0 Å². The summed E-state index contributed by atoms with van der Waals surface area (Å²) < 4.78 is 0. The van der Waals surface area contributed by atoms with Crippen LogP contribution in [0.15, 0.2) is 30.3 Å². The van der Waals surface area contributed by atoms with Gasteiger partial charge in [-0.1, -0.05) is 51.1 Å². The Morgan fingerprint density at radius 3 is 2.69 bits per heavy atom. The SMILES string of the molecule is C[C@H](C(=O)N1CCN(C)CC1)[C@@H]1CC[C@]2(C)Cc3sc(NCc4ccccc4)nc3[C@H](C)[C@@H]2[C@H]1O. The van der Waals surface area contributed by atoms with Gasteiger partial charge in [0.15, 0.2) is 5.13 Å². The van der Waals surface area contributed by atoms with Gasteiger partial charge in [0.05, 0.1) is 11.8 Å². The lowest BCUT2D eigenvalue weighted by Crippen LogP contribution is -2.55. The van der Waals surface area contributed by atoms with Gasteiger partial charge in [0.1, 0.15) is 0 Å². The summed E-state index contributed by atoms with van der Waals surface area (Å²) in [7, 11) is 2.11. The summed E-state index contributed by atoms with van der Waals surface area (Å²) in [6, 6.07) is 10.4. The minimum atomic E-state index is -0.481. The van der Waals surface area contributed by atoms with Crippen molar-refractivity contribution in [2.75, 3.05) is 38.5 Å². The number of thiazole rings is 1. The first-order valence-corrected chi connectivity index (χ1v) is 14.0. The Bertz CT molecular complexity index is 1030. The predicted octanol–water partition coefficient (Wildman–Crippen LogP) is 4.22. The molecule has 2 fully saturated rings. The number of carbonyl (C=O) groups is 1. The summed E-state index contributed by atoms with van der Waals surface area (Å²) in [5, 5.41) is 16.2. The number of hydrogen-bond acceptors (Lipinski definition) is 6. The molecule has 2 aliphatic carbocycles. The molecule has 1 aromatic carbocycles. The maximum atomic E-state index is 13.3. The smallest absolute Gasteiger partial charge is 0.225 e. The molecule has 2 N–H and O–H groups in total. The van der Waals surface area contributed by atoms with Gasteiger partial charge in [-0.2, -0.15) is 0 Å². The highest BCUT2D eigenvalue weighted by Gasteiger charge is 2.54. The molecule has 7 heteroatoms. The number of amides is 1. The fourth-order valence-corrected chi connectivity index (χ4v) is 8.15. The lowest BCUT2D eigenvalue weighted by molar-refractivity contribution is -0.146. The third-order valence-electron chi connectivity index (χ3n) is 9.06. The van der Waals surface area contributed by atoms with Gasteiger partial charge in [-0.25, -0.2) is 4.98 Å².